The maximum absolute atomic E-state index is 13.3. The Balaban J connectivity index is 1.41. The highest BCUT2D eigenvalue weighted by Crippen LogP contribution is 2.53. The molecule has 5 nitrogen and oxygen atoms in total. The molecule has 1 aromatic rings. The van der Waals surface area contributed by atoms with E-state index in [1.54, 1.807) is 0 Å². The van der Waals surface area contributed by atoms with Crippen molar-refractivity contribution in [2.24, 2.45) is 11.3 Å². The first kappa shape index (κ1) is 20.4. The first-order valence-electron chi connectivity index (χ1n) is 11.4. The predicted octanol–water partition coefficient (Wildman–Crippen LogP) is 3.24. The molecule has 1 aliphatic carbocycles. The fourth-order valence-corrected chi connectivity index (χ4v) is 5.29. The van der Waals surface area contributed by atoms with Crippen LogP contribution in [-0.4, -0.2) is 41.4 Å². The lowest BCUT2D eigenvalue weighted by atomic mass is 9.69. The quantitative estimate of drug-likeness (QED) is 0.672. The van der Waals surface area contributed by atoms with Crippen LogP contribution in [0.3, 0.4) is 0 Å². The molecule has 3 fully saturated rings. The molecule has 1 aromatic carbocycles. The van der Waals surface area contributed by atoms with Crippen LogP contribution in [0.5, 0.6) is 0 Å². The zero-order valence-electron chi connectivity index (χ0n) is 17.8. The van der Waals surface area contributed by atoms with Gasteiger partial charge in [-0.05, 0) is 56.4 Å². The highest BCUT2D eigenvalue weighted by Gasteiger charge is 2.59. The Hall–Kier alpha value is -1.88. The first-order valence-corrected chi connectivity index (χ1v) is 11.4. The van der Waals surface area contributed by atoms with Gasteiger partial charge < -0.3 is 10.6 Å². The maximum Gasteiger partial charge on any atom is 0.234 e. The molecule has 2 heterocycles. The summed E-state index contributed by atoms with van der Waals surface area (Å²) in [6.07, 6.45) is 7.29. The second-order valence-corrected chi connectivity index (χ2v) is 9.72. The van der Waals surface area contributed by atoms with Crippen LogP contribution in [0, 0.1) is 11.3 Å². The van der Waals surface area contributed by atoms with Gasteiger partial charge in [0.1, 0.15) is 0 Å². The van der Waals surface area contributed by atoms with E-state index >= 15 is 0 Å². The summed E-state index contributed by atoms with van der Waals surface area (Å²) < 4.78 is 0. The molecule has 3 atom stereocenters. The van der Waals surface area contributed by atoms with Crippen LogP contribution in [0.4, 0.5) is 0 Å². The summed E-state index contributed by atoms with van der Waals surface area (Å²) >= 11 is 0. The lowest BCUT2D eigenvalue weighted by Crippen LogP contribution is -2.50. The lowest BCUT2D eigenvalue weighted by molar-refractivity contribution is -0.134. The van der Waals surface area contributed by atoms with Crippen molar-refractivity contribution < 1.29 is 9.59 Å². The molecule has 0 radical (unpaired) electrons. The van der Waals surface area contributed by atoms with Crippen molar-refractivity contribution in [2.45, 2.75) is 83.5 Å². The van der Waals surface area contributed by atoms with Crippen LogP contribution >= 0.6 is 0 Å². The minimum Gasteiger partial charge on any atom is -0.353 e. The van der Waals surface area contributed by atoms with Gasteiger partial charge in [0.2, 0.25) is 11.8 Å². The SMILES string of the molecule is CC(C)CC[C@]1(C(=O)NC2CC2)C[C@H]2CC[C@@H]1N2CC(=O)NCc1ccccc1. The van der Waals surface area contributed by atoms with Crippen LogP contribution in [0.2, 0.25) is 0 Å². The molecule has 5 heteroatoms. The van der Waals surface area contributed by atoms with Crippen molar-refractivity contribution in [3.63, 3.8) is 0 Å². The molecular weight excluding hydrogens is 362 g/mol. The Morgan fingerprint density at radius 2 is 1.90 bits per heavy atom. The normalized spacial score (nSPS) is 28.7. The van der Waals surface area contributed by atoms with Gasteiger partial charge in [-0.2, -0.15) is 0 Å². The van der Waals surface area contributed by atoms with E-state index in [0.717, 1.165) is 50.5 Å². The zero-order chi connectivity index (χ0) is 20.4. The van der Waals surface area contributed by atoms with E-state index in [1.165, 1.54) is 0 Å². The van der Waals surface area contributed by atoms with Crippen molar-refractivity contribution in [1.29, 1.82) is 0 Å². The number of carbonyl (C=O) groups excluding carboxylic acids is 2. The van der Waals surface area contributed by atoms with Crippen molar-refractivity contribution in [1.82, 2.24) is 15.5 Å². The number of carbonyl (C=O) groups is 2. The standard InChI is InChI=1S/C24H35N3O2/c1-17(2)12-13-24(23(29)26-19-8-9-19)14-20-10-11-21(24)27(20)16-22(28)25-15-18-6-4-3-5-7-18/h3-7,17,19-21H,8-16H2,1-2H3,(H,25,28)(H,26,29)/t20-,21+,24+/m1/s1. The first-order chi connectivity index (χ1) is 14.0. The van der Waals surface area contributed by atoms with Crippen molar-refractivity contribution in [2.75, 3.05) is 6.54 Å². The number of hydrogen-bond acceptors (Lipinski definition) is 3. The molecule has 2 N–H and O–H groups in total. The van der Waals surface area contributed by atoms with Crippen molar-refractivity contribution in [3.05, 3.63) is 35.9 Å². The van der Waals surface area contributed by atoms with Crippen LogP contribution in [0.25, 0.3) is 0 Å². The summed E-state index contributed by atoms with van der Waals surface area (Å²) in [6.45, 7) is 5.43. The van der Waals surface area contributed by atoms with E-state index in [4.69, 9.17) is 0 Å². The van der Waals surface area contributed by atoms with E-state index in [1.807, 2.05) is 30.3 Å². The Labute approximate surface area is 174 Å². The van der Waals surface area contributed by atoms with E-state index in [2.05, 4.69) is 29.4 Å². The molecule has 1 saturated carbocycles. The molecule has 2 aliphatic heterocycles. The third kappa shape index (κ3) is 4.50. The highest BCUT2D eigenvalue weighted by molar-refractivity contribution is 5.85. The third-order valence-corrected chi connectivity index (χ3v) is 7.07. The monoisotopic (exact) mass is 397 g/mol. The average molecular weight is 398 g/mol. The molecule has 0 spiro atoms. The van der Waals surface area contributed by atoms with Gasteiger partial charge in [-0.15, -0.1) is 0 Å². The molecule has 2 saturated heterocycles. The second-order valence-electron chi connectivity index (χ2n) is 9.72. The summed E-state index contributed by atoms with van der Waals surface area (Å²) in [5.41, 5.74) is 0.801. The van der Waals surface area contributed by atoms with E-state index in [9.17, 15) is 9.59 Å². The molecular formula is C24H35N3O2. The molecule has 3 aliphatic rings. The summed E-state index contributed by atoms with van der Waals surface area (Å²) in [5, 5.41) is 6.36. The van der Waals surface area contributed by atoms with Crippen LogP contribution in [0.15, 0.2) is 30.3 Å². The molecule has 0 unspecified atom stereocenters. The Kier molecular flexibility index (Phi) is 5.95. The van der Waals surface area contributed by atoms with Gasteiger partial charge in [-0.1, -0.05) is 44.2 Å². The molecule has 0 aromatic heterocycles. The fourth-order valence-electron chi connectivity index (χ4n) is 5.29. The van der Waals surface area contributed by atoms with Gasteiger partial charge in [0, 0.05) is 24.7 Å². The van der Waals surface area contributed by atoms with Crippen LogP contribution in [0.1, 0.15) is 64.4 Å². The molecule has 29 heavy (non-hydrogen) atoms. The van der Waals surface area contributed by atoms with E-state index < -0.39 is 0 Å². The van der Waals surface area contributed by atoms with Gasteiger partial charge in [-0.25, -0.2) is 0 Å². The topological polar surface area (TPSA) is 61.4 Å². The zero-order valence-corrected chi connectivity index (χ0v) is 17.8. The fraction of sp³-hybridized carbons (Fsp3) is 0.667. The second kappa shape index (κ2) is 8.47. The summed E-state index contributed by atoms with van der Waals surface area (Å²) in [5.74, 6) is 0.901. The number of nitrogens with zero attached hydrogens (tertiary/aromatic N) is 1. The van der Waals surface area contributed by atoms with Crippen LogP contribution in [-0.2, 0) is 16.1 Å². The Morgan fingerprint density at radius 1 is 1.14 bits per heavy atom. The number of fused-ring (bicyclic) bond motifs is 2. The number of benzene rings is 1. The molecule has 2 bridgehead atoms. The van der Waals surface area contributed by atoms with Crippen LogP contribution < -0.4 is 10.6 Å². The summed E-state index contributed by atoms with van der Waals surface area (Å²) in [6, 6.07) is 11.0. The minimum atomic E-state index is -0.310. The number of rotatable bonds is 9. The van der Waals surface area contributed by atoms with Gasteiger partial charge >= 0.3 is 0 Å². The van der Waals surface area contributed by atoms with Crippen molar-refractivity contribution >= 4 is 11.8 Å². The number of nitrogens with one attached hydrogen (secondary N) is 2. The van der Waals surface area contributed by atoms with Gasteiger partial charge in [-0.3, -0.25) is 14.5 Å². The van der Waals surface area contributed by atoms with E-state index in [0.29, 0.717) is 31.1 Å². The summed E-state index contributed by atoms with van der Waals surface area (Å²) in [4.78, 5) is 28.3. The minimum absolute atomic E-state index is 0.0630. The molecule has 2 amide bonds. The smallest absolute Gasteiger partial charge is 0.234 e. The molecule has 4 rings (SSSR count). The maximum atomic E-state index is 13.3. The number of hydrogen-bond donors (Lipinski definition) is 2. The third-order valence-electron chi connectivity index (χ3n) is 7.07. The average Bonchev–Trinajstić information content (AvgIpc) is 3.39. The summed E-state index contributed by atoms with van der Waals surface area (Å²) in [7, 11) is 0. The lowest BCUT2D eigenvalue weighted by Gasteiger charge is -2.37. The highest BCUT2D eigenvalue weighted by atomic mass is 16.2. The molecule has 158 valence electrons. The predicted molar refractivity (Wildman–Crippen MR) is 114 cm³/mol. The largest absolute Gasteiger partial charge is 0.353 e. The Morgan fingerprint density at radius 3 is 2.59 bits per heavy atom. The van der Waals surface area contributed by atoms with E-state index in [-0.39, 0.29) is 23.3 Å². The van der Waals surface area contributed by atoms with Gasteiger partial charge in [0.25, 0.3) is 0 Å². The van der Waals surface area contributed by atoms with Gasteiger partial charge in [0.15, 0.2) is 0 Å². The number of amides is 2. The Bertz CT molecular complexity index is 731. The van der Waals surface area contributed by atoms with Crippen molar-refractivity contribution in [3.8, 4) is 0 Å². The van der Waals surface area contributed by atoms with Gasteiger partial charge in [0.05, 0.1) is 12.0 Å².